The Bertz CT molecular complexity index is 929. The molecule has 1 saturated heterocycles. The van der Waals surface area contributed by atoms with E-state index >= 15 is 0 Å². The van der Waals surface area contributed by atoms with Gasteiger partial charge in [0.1, 0.15) is 11.5 Å². The van der Waals surface area contributed by atoms with Gasteiger partial charge in [0.05, 0.1) is 26.7 Å². The first kappa shape index (κ1) is 22.4. The quantitative estimate of drug-likeness (QED) is 0.647. The Kier molecular flexibility index (Phi) is 8.06. The zero-order valence-corrected chi connectivity index (χ0v) is 18.0. The van der Waals surface area contributed by atoms with Gasteiger partial charge in [0.2, 0.25) is 11.8 Å². The van der Waals surface area contributed by atoms with Crippen LogP contribution in [-0.2, 0) is 16.1 Å². The van der Waals surface area contributed by atoms with Gasteiger partial charge in [-0.1, -0.05) is 42.5 Å². The lowest BCUT2D eigenvalue weighted by molar-refractivity contribution is -0.133. The van der Waals surface area contributed by atoms with Crippen molar-refractivity contribution in [3.8, 4) is 11.5 Å². The third-order valence-corrected chi connectivity index (χ3v) is 5.22. The minimum Gasteiger partial charge on any atom is -0.497 e. The Labute approximate surface area is 183 Å². The predicted molar refractivity (Wildman–Crippen MR) is 120 cm³/mol. The zero-order valence-electron chi connectivity index (χ0n) is 18.0. The van der Waals surface area contributed by atoms with E-state index in [0.717, 1.165) is 22.6 Å². The van der Waals surface area contributed by atoms with Crippen LogP contribution in [0, 0.1) is 0 Å². The van der Waals surface area contributed by atoms with Gasteiger partial charge in [-0.25, -0.2) is 0 Å². The van der Waals surface area contributed by atoms with Gasteiger partial charge in [0, 0.05) is 31.7 Å². The van der Waals surface area contributed by atoms with Crippen LogP contribution < -0.4 is 20.1 Å². The molecule has 1 aliphatic heterocycles. The second-order valence-electron chi connectivity index (χ2n) is 7.28. The van der Waals surface area contributed by atoms with Gasteiger partial charge in [0.15, 0.2) is 0 Å². The fraction of sp³-hybridized carbons (Fsp3) is 0.333. The number of methoxy groups -OCH3 is 2. The van der Waals surface area contributed by atoms with Gasteiger partial charge in [-0.3, -0.25) is 14.5 Å². The van der Waals surface area contributed by atoms with Crippen LogP contribution in [0.15, 0.2) is 54.6 Å². The molecule has 1 unspecified atom stereocenters. The first-order chi connectivity index (χ1) is 15.1. The van der Waals surface area contributed by atoms with Crippen molar-refractivity contribution in [3.05, 3.63) is 65.7 Å². The lowest BCUT2D eigenvalue weighted by atomic mass is 10.1. The average Bonchev–Trinajstić information content (AvgIpc) is 2.80. The molecule has 7 nitrogen and oxygen atoms in total. The van der Waals surface area contributed by atoms with Crippen molar-refractivity contribution < 1.29 is 19.1 Å². The van der Waals surface area contributed by atoms with Gasteiger partial charge in [-0.2, -0.15) is 0 Å². The molecule has 2 amide bonds. The molecular formula is C24H29N3O4. The molecule has 0 aliphatic carbocycles. The summed E-state index contributed by atoms with van der Waals surface area (Å²) in [4.78, 5) is 27.0. The summed E-state index contributed by atoms with van der Waals surface area (Å²) in [6.45, 7) is 2.22. The number of piperazine rings is 1. The number of ether oxygens (including phenoxy) is 2. The summed E-state index contributed by atoms with van der Waals surface area (Å²) in [6, 6.07) is 14.8. The minimum atomic E-state index is -0.499. The number of nitrogens with zero attached hydrogens (tertiary/aromatic N) is 1. The maximum Gasteiger partial charge on any atom is 0.237 e. The number of nitrogens with one attached hydrogen (secondary N) is 2. The summed E-state index contributed by atoms with van der Waals surface area (Å²) in [6.07, 6.45) is 4.08. The minimum absolute atomic E-state index is 0.109. The molecule has 3 rings (SSSR count). The fourth-order valence-electron chi connectivity index (χ4n) is 3.55. The third kappa shape index (κ3) is 6.33. The van der Waals surface area contributed by atoms with Crippen molar-refractivity contribution in [1.82, 2.24) is 15.5 Å². The lowest BCUT2D eigenvalue weighted by Gasteiger charge is -2.33. The molecule has 0 aromatic heterocycles. The standard InChI is InChI=1S/C24H29N3O4/c1-30-20-10-5-7-18(15-20)17-26-23(28)16-21-24(29)25-12-14-27(21)13-6-9-19-8-3-4-11-22(19)31-2/h3-11,15,21H,12-14,16-17H2,1-2H3,(H,25,29)(H,26,28). The van der Waals surface area contributed by atoms with Crippen LogP contribution in [0.5, 0.6) is 11.5 Å². The number of benzene rings is 2. The lowest BCUT2D eigenvalue weighted by Crippen LogP contribution is -2.56. The summed E-state index contributed by atoms with van der Waals surface area (Å²) < 4.78 is 10.6. The second-order valence-corrected chi connectivity index (χ2v) is 7.28. The number of para-hydroxylation sites is 1. The van der Waals surface area contributed by atoms with Gasteiger partial charge in [-0.05, 0) is 23.8 Å². The van der Waals surface area contributed by atoms with E-state index < -0.39 is 6.04 Å². The Morgan fingerprint density at radius 1 is 1.19 bits per heavy atom. The number of carbonyl (C=O) groups is 2. The predicted octanol–water partition coefficient (Wildman–Crippen LogP) is 2.22. The summed E-state index contributed by atoms with van der Waals surface area (Å²) in [5.74, 6) is 1.26. The third-order valence-electron chi connectivity index (χ3n) is 5.22. The average molecular weight is 424 g/mol. The Morgan fingerprint density at radius 2 is 2.03 bits per heavy atom. The largest absolute Gasteiger partial charge is 0.497 e. The highest BCUT2D eigenvalue weighted by atomic mass is 16.5. The van der Waals surface area contributed by atoms with Crippen LogP contribution in [0.1, 0.15) is 17.5 Å². The molecule has 7 heteroatoms. The number of carbonyl (C=O) groups excluding carboxylic acids is 2. The molecule has 1 atom stereocenters. The highest BCUT2D eigenvalue weighted by Crippen LogP contribution is 2.19. The molecule has 0 spiro atoms. The molecular weight excluding hydrogens is 394 g/mol. The molecule has 2 N–H and O–H groups in total. The van der Waals surface area contributed by atoms with E-state index in [-0.39, 0.29) is 18.2 Å². The maximum atomic E-state index is 12.5. The molecule has 0 radical (unpaired) electrons. The topological polar surface area (TPSA) is 79.9 Å². The van der Waals surface area contributed by atoms with Gasteiger partial charge in [-0.15, -0.1) is 0 Å². The molecule has 1 fully saturated rings. The van der Waals surface area contributed by atoms with Gasteiger partial charge < -0.3 is 20.1 Å². The summed E-state index contributed by atoms with van der Waals surface area (Å²) in [7, 11) is 3.25. The second kappa shape index (κ2) is 11.2. The van der Waals surface area contributed by atoms with E-state index in [4.69, 9.17) is 9.47 Å². The van der Waals surface area contributed by atoms with E-state index in [0.29, 0.717) is 26.2 Å². The molecule has 31 heavy (non-hydrogen) atoms. The van der Waals surface area contributed by atoms with Crippen molar-refractivity contribution in [2.45, 2.75) is 19.0 Å². The highest BCUT2D eigenvalue weighted by Gasteiger charge is 2.30. The SMILES string of the molecule is COc1cccc(CNC(=O)CC2C(=O)NCCN2CC=Cc2ccccc2OC)c1. The normalized spacial score (nSPS) is 16.7. The fourth-order valence-corrected chi connectivity index (χ4v) is 3.55. The number of amides is 2. The van der Waals surface area contributed by atoms with Gasteiger partial charge in [0.25, 0.3) is 0 Å². The van der Waals surface area contributed by atoms with Crippen LogP contribution in [0.3, 0.4) is 0 Å². The van der Waals surface area contributed by atoms with Crippen LogP contribution in [0.4, 0.5) is 0 Å². The number of hydrogen-bond acceptors (Lipinski definition) is 5. The van der Waals surface area contributed by atoms with E-state index in [1.165, 1.54) is 0 Å². The highest BCUT2D eigenvalue weighted by molar-refractivity contribution is 5.88. The summed E-state index contributed by atoms with van der Waals surface area (Å²) in [5.41, 5.74) is 1.91. The number of hydrogen-bond donors (Lipinski definition) is 2. The molecule has 164 valence electrons. The molecule has 2 aromatic rings. The van der Waals surface area contributed by atoms with E-state index in [1.807, 2.05) is 65.6 Å². The zero-order chi connectivity index (χ0) is 22.1. The van der Waals surface area contributed by atoms with E-state index in [9.17, 15) is 9.59 Å². The van der Waals surface area contributed by atoms with Crippen molar-refractivity contribution in [3.63, 3.8) is 0 Å². The molecule has 1 heterocycles. The van der Waals surface area contributed by atoms with Gasteiger partial charge >= 0.3 is 0 Å². The Hall–Kier alpha value is -3.32. The Balaban J connectivity index is 1.57. The van der Waals surface area contributed by atoms with Crippen molar-refractivity contribution in [1.29, 1.82) is 0 Å². The van der Waals surface area contributed by atoms with E-state index in [2.05, 4.69) is 10.6 Å². The maximum absolute atomic E-state index is 12.5. The van der Waals surface area contributed by atoms with Crippen LogP contribution in [0.2, 0.25) is 0 Å². The van der Waals surface area contributed by atoms with Crippen LogP contribution >= 0.6 is 0 Å². The van der Waals surface area contributed by atoms with Crippen molar-refractivity contribution in [2.75, 3.05) is 33.9 Å². The molecule has 0 saturated carbocycles. The summed E-state index contributed by atoms with van der Waals surface area (Å²) >= 11 is 0. The molecule has 0 bridgehead atoms. The Morgan fingerprint density at radius 3 is 2.84 bits per heavy atom. The van der Waals surface area contributed by atoms with Crippen molar-refractivity contribution in [2.24, 2.45) is 0 Å². The van der Waals surface area contributed by atoms with E-state index in [1.54, 1.807) is 14.2 Å². The van der Waals surface area contributed by atoms with Crippen molar-refractivity contribution >= 4 is 17.9 Å². The first-order valence-corrected chi connectivity index (χ1v) is 10.3. The first-order valence-electron chi connectivity index (χ1n) is 10.3. The van der Waals surface area contributed by atoms with Crippen LogP contribution in [-0.4, -0.2) is 56.6 Å². The molecule has 2 aromatic carbocycles. The number of rotatable bonds is 9. The monoisotopic (exact) mass is 423 g/mol. The molecule has 1 aliphatic rings. The van der Waals surface area contributed by atoms with Crippen LogP contribution in [0.25, 0.3) is 6.08 Å². The smallest absolute Gasteiger partial charge is 0.237 e. The summed E-state index contributed by atoms with van der Waals surface area (Å²) in [5, 5.41) is 5.76.